The van der Waals surface area contributed by atoms with E-state index in [2.05, 4.69) is 0 Å². The van der Waals surface area contributed by atoms with Crippen LogP contribution >= 0.6 is 23.2 Å². The average Bonchev–Trinajstić information content (AvgIpc) is 2.73. The second-order valence-corrected chi connectivity index (χ2v) is 8.19. The minimum atomic E-state index is -0.741. The second kappa shape index (κ2) is 10.8. The standard InChI is InChI=1S/C24H25Cl2NO3/c25-20-5-1-3-18(13-20)23(29)15-27(12-11-17-7-9-22(28)10-8-17)16-24(30)19-4-2-6-21(26)14-19/h1-10,13-14,23-24,28-30H,11-12,15-16H2/t23-,24?/m0/s1. The highest BCUT2D eigenvalue weighted by molar-refractivity contribution is 6.30. The lowest BCUT2D eigenvalue weighted by Crippen LogP contribution is -2.34. The molecule has 3 rings (SSSR count). The van der Waals surface area contributed by atoms with Crippen molar-refractivity contribution in [2.45, 2.75) is 18.6 Å². The maximum absolute atomic E-state index is 10.7. The molecule has 0 amide bonds. The maximum Gasteiger partial charge on any atom is 0.115 e. The quantitative estimate of drug-likeness (QED) is 0.433. The van der Waals surface area contributed by atoms with Crippen LogP contribution in [0.4, 0.5) is 0 Å². The summed E-state index contributed by atoms with van der Waals surface area (Å²) in [6.07, 6.45) is -0.768. The van der Waals surface area contributed by atoms with Gasteiger partial charge in [0.25, 0.3) is 0 Å². The molecule has 3 aromatic carbocycles. The summed E-state index contributed by atoms with van der Waals surface area (Å²) in [5.41, 5.74) is 2.52. The molecule has 0 spiro atoms. The molecule has 0 saturated heterocycles. The van der Waals surface area contributed by atoms with Crippen LogP contribution in [0.25, 0.3) is 0 Å². The Labute approximate surface area is 186 Å². The van der Waals surface area contributed by atoms with Crippen molar-refractivity contribution in [3.05, 3.63) is 99.5 Å². The molecule has 0 radical (unpaired) electrons. The first kappa shape index (κ1) is 22.6. The summed E-state index contributed by atoms with van der Waals surface area (Å²) in [5, 5.41) is 32.1. The fraction of sp³-hybridized carbons (Fsp3) is 0.250. The maximum atomic E-state index is 10.7. The van der Waals surface area contributed by atoms with Gasteiger partial charge >= 0.3 is 0 Å². The van der Waals surface area contributed by atoms with Crippen molar-refractivity contribution in [2.75, 3.05) is 19.6 Å². The van der Waals surface area contributed by atoms with Gasteiger partial charge in [-0.3, -0.25) is 4.90 Å². The third-order valence-corrected chi connectivity index (χ3v) is 5.45. The molecule has 0 aliphatic rings. The number of hydrogen-bond donors (Lipinski definition) is 3. The zero-order valence-corrected chi connectivity index (χ0v) is 18.0. The number of phenolic OH excluding ortho intramolecular Hbond substituents is 1. The Morgan fingerprint density at radius 1 is 0.733 bits per heavy atom. The molecule has 3 N–H and O–H groups in total. The van der Waals surface area contributed by atoms with Crippen LogP contribution in [-0.4, -0.2) is 39.9 Å². The number of aliphatic hydroxyl groups excluding tert-OH is 2. The third kappa shape index (κ3) is 6.73. The van der Waals surface area contributed by atoms with Crippen molar-refractivity contribution in [1.29, 1.82) is 0 Å². The number of hydrogen-bond acceptors (Lipinski definition) is 4. The summed E-state index contributed by atoms with van der Waals surface area (Å²) >= 11 is 12.1. The minimum absolute atomic E-state index is 0.225. The first-order valence-corrected chi connectivity index (χ1v) is 10.5. The van der Waals surface area contributed by atoms with Crippen molar-refractivity contribution in [2.24, 2.45) is 0 Å². The minimum Gasteiger partial charge on any atom is -0.508 e. The first-order valence-electron chi connectivity index (χ1n) is 9.78. The predicted octanol–water partition coefficient (Wildman–Crippen LogP) is 5.01. The molecule has 6 heteroatoms. The van der Waals surface area contributed by atoms with Gasteiger partial charge in [-0.25, -0.2) is 0 Å². The van der Waals surface area contributed by atoms with Crippen LogP contribution < -0.4 is 0 Å². The molecule has 0 fully saturated rings. The van der Waals surface area contributed by atoms with Crippen molar-refractivity contribution >= 4 is 23.2 Å². The van der Waals surface area contributed by atoms with Gasteiger partial charge in [0, 0.05) is 29.7 Å². The topological polar surface area (TPSA) is 63.9 Å². The van der Waals surface area contributed by atoms with Gasteiger partial charge in [0.05, 0.1) is 12.2 Å². The Morgan fingerprint density at radius 2 is 1.23 bits per heavy atom. The van der Waals surface area contributed by atoms with Gasteiger partial charge in [-0.05, 0) is 59.5 Å². The molecular weight excluding hydrogens is 421 g/mol. The molecule has 4 nitrogen and oxygen atoms in total. The van der Waals surface area contributed by atoms with Gasteiger partial charge in [0.15, 0.2) is 0 Å². The van der Waals surface area contributed by atoms with Crippen LogP contribution in [0, 0.1) is 0 Å². The molecule has 3 aromatic rings. The van der Waals surface area contributed by atoms with Gasteiger partial charge in [0.1, 0.15) is 5.75 Å². The van der Waals surface area contributed by atoms with E-state index < -0.39 is 12.2 Å². The summed E-state index contributed by atoms with van der Waals surface area (Å²) in [7, 11) is 0. The highest BCUT2D eigenvalue weighted by atomic mass is 35.5. The highest BCUT2D eigenvalue weighted by Gasteiger charge is 2.18. The predicted molar refractivity (Wildman–Crippen MR) is 121 cm³/mol. The van der Waals surface area contributed by atoms with E-state index in [0.717, 1.165) is 16.7 Å². The van der Waals surface area contributed by atoms with Crippen LogP contribution in [-0.2, 0) is 6.42 Å². The van der Waals surface area contributed by atoms with E-state index in [1.54, 1.807) is 36.4 Å². The van der Waals surface area contributed by atoms with E-state index in [9.17, 15) is 15.3 Å². The first-order chi connectivity index (χ1) is 14.4. The Bertz CT molecular complexity index is 896. The molecule has 158 valence electrons. The van der Waals surface area contributed by atoms with Gasteiger partial charge in [0.2, 0.25) is 0 Å². The number of halogens is 2. The lowest BCUT2D eigenvalue weighted by atomic mass is 10.1. The Kier molecular flexibility index (Phi) is 8.14. The van der Waals surface area contributed by atoms with Crippen molar-refractivity contribution in [1.82, 2.24) is 4.90 Å². The van der Waals surface area contributed by atoms with Crippen LogP contribution in [0.3, 0.4) is 0 Å². The van der Waals surface area contributed by atoms with E-state index in [4.69, 9.17) is 23.2 Å². The molecule has 1 unspecified atom stereocenters. The van der Waals surface area contributed by atoms with E-state index in [0.29, 0.717) is 36.1 Å². The Morgan fingerprint density at radius 3 is 1.70 bits per heavy atom. The van der Waals surface area contributed by atoms with Gasteiger partial charge < -0.3 is 15.3 Å². The van der Waals surface area contributed by atoms with Gasteiger partial charge in [-0.2, -0.15) is 0 Å². The highest BCUT2D eigenvalue weighted by Crippen LogP contribution is 2.22. The van der Waals surface area contributed by atoms with E-state index in [1.807, 2.05) is 41.3 Å². The van der Waals surface area contributed by atoms with Crippen LogP contribution in [0.15, 0.2) is 72.8 Å². The summed E-state index contributed by atoms with van der Waals surface area (Å²) in [6, 6.07) is 21.4. The lowest BCUT2D eigenvalue weighted by molar-refractivity contribution is 0.0694. The number of rotatable bonds is 9. The summed E-state index contributed by atoms with van der Waals surface area (Å²) < 4.78 is 0. The Hall–Kier alpha value is -2.08. The smallest absolute Gasteiger partial charge is 0.115 e. The number of benzene rings is 3. The van der Waals surface area contributed by atoms with Crippen molar-refractivity contribution in [3.8, 4) is 5.75 Å². The molecular formula is C24H25Cl2NO3. The summed E-state index contributed by atoms with van der Waals surface area (Å²) in [5.74, 6) is 0.225. The summed E-state index contributed by atoms with van der Waals surface area (Å²) in [6.45, 7) is 1.31. The molecule has 0 heterocycles. The molecule has 30 heavy (non-hydrogen) atoms. The zero-order valence-electron chi connectivity index (χ0n) is 16.5. The fourth-order valence-electron chi connectivity index (χ4n) is 3.33. The second-order valence-electron chi connectivity index (χ2n) is 7.32. The van der Waals surface area contributed by atoms with E-state index >= 15 is 0 Å². The molecule has 0 aliphatic heterocycles. The van der Waals surface area contributed by atoms with Gasteiger partial charge in [-0.15, -0.1) is 0 Å². The molecule has 2 atom stereocenters. The summed E-state index contributed by atoms with van der Waals surface area (Å²) in [4.78, 5) is 2.02. The van der Waals surface area contributed by atoms with Crippen molar-refractivity contribution < 1.29 is 15.3 Å². The van der Waals surface area contributed by atoms with Gasteiger partial charge in [-0.1, -0.05) is 59.6 Å². The zero-order chi connectivity index (χ0) is 21.5. The van der Waals surface area contributed by atoms with Crippen LogP contribution in [0.2, 0.25) is 10.0 Å². The molecule has 0 saturated carbocycles. The normalized spacial score (nSPS) is 13.4. The molecule has 0 bridgehead atoms. The van der Waals surface area contributed by atoms with E-state index in [1.165, 1.54) is 0 Å². The fourth-order valence-corrected chi connectivity index (χ4v) is 3.73. The van der Waals surface area contributed by atoms with Crippen LogP contribution in [0.5, 0.6) is 5.75 Å². The molecule has 0 aliphatic carbocycles. The number of aliphatic hydroxyl groups is 2. The van der Waals surface area contributed by atoms with Crippen LogP contribution in [0.1, 0.15) is 28.9 Å². The van der Waals surface area contributed by atoms with Crippen molar-refractivity contribution in [3.63, 3.8) is 0 Å². The average molecular weight is 446 g/mol. The Balaban J connectivity index is 1.72. The van der Waals surface area contributed by atoms with E-state index in [-0.39, 0.29) is 5.75 Å². The lowest BCUT2D eigenvalue weighted by Gasteiger charge is -2.28. The third-order valence-electron chi connectivity index (χ3n) is 4.98. The largest absolute Gasteiger partial charge is 0.508 e. The number of aromatic hydroxyl groups is 1. The monoisotopic (exact) mass is 445 g/mol. The number of phenols is 1. The molecule has 0 aromatic heterocycles. The number of nitrogens with zero attached hydrogens (tertiary/aromatic N) is 1. The SMILES string of the molecule is Oc1ccc(CCN(CC(O)c2cccc(Cl)c2)C[C@H](O)c2cccc(Cl)c2)cc1.